The van der Waals surface area contributed by atoms with Gasteiger partial charge >= 0.3 is 32.7 Å². The molecule has 25 heavy (non-hydrogen) atoms. The molecule has 128 valence electrons. The fraction of sp³-hybridized carbons (Fsp3) is 0.435. The first-order valence-electron chi connectivity index (χ1n) is 9.57. The predicted octanol–water partition coefficient (Wildman–Crippen LogP) is 5.61. The van der Waals surface area contributed by atoms with E-state index in [0.717, 1.165) is 18.4 Å². The number of benzene rings is 2. The van der Waals surface area contributed by atoms with Crippen LogP contribution in [0.5, 0.6) is 0 Å². The molecule has 1 fully saturated rings. The minimum atomic E-state index is 0. The van der Waals surface area contributed by atoms with Crippen LogP contribution in [0.15, 0.2) is 60.7 Å². The number of nitrogens with one attached hydrogen (secondary N) is 1. The Morgan fingerprint density at radius 2 is 1.52 bits per heavy atom. The molecule has 1 aliphatic carbocycles. The molecule has 0 aliphatic heterocycles. The van der Waals surface area contributed by atoms with Crippen molar-refractivity contribution in [1.82, 2.24) is 5.32 Å². The van der Waals surface area contributed by atoms with Crippen molar-refractivity contribution in [3.05, 3.63) is 78.3 Å². The van der Waals surface area contributed by atoms with E-state index < -0.39 is 0 Å². The molecule has 0 heterocycles. The minimum absolute atomic E-state index is 0. The molecule has 0 amide bonds. The molecule has 0 saturated heterocycles. The summed E-state index contributed by atoms with van der Waals surface area (Å²) in [7, 11) is 0. The van der Waals surface area contributed by atoms with Gasteiger partial charge in [0.05, 0.1) is 0 Å². The van der Waals surface area contributed by atoms with Gasteiger partial charge in [0.15, 0.2) is 0 Å². The van der Waals surface area contributed by atoms with Gasteiger partial charge in [-0.05, 0) is 36.8 Å². The van der Waals surface area contributed by atoms with Gasteiger partial charge in [0.2, 0.25) is 0 Å². The van der Waals surface area contributed by atoms with E-state index in [1.165, 1.54) is 56.1 Å². The molecule has 0 aromatic heterocycles. The van der Waals surface area contributed by atoms with Crippen LogP contribution in [0.1, 0.15) is 49.7 Å². The van der Waals surface area contributed by atoms with E-state index >= 15 is 0 Å². The monoisotopic (exact) mass is 409 g/mol. The third-order valence-electron chi connectivity index (χ3n) is 5.38. The first kappa shape index (κ1) is 20.7. The van der Waals surface area contributed by atoms with Crippen molar-refractivity contribution in [3.8, 4) is 0 Å². The van der Waals surface area contributed by atoms with Crippen molar-refractivity contribution >= 4 is 0 Å². The van der Waals surface area contributed by atoms with Crippen LogP contribution >= 0.6 is 0 Å². The van der Waals surface area contributed by atoms with Gasteiger partial charge < -0.3 is 5.32 Å². The van der Waals surface area contributed by atoms with Gasteiger partial charge in [0.25, 0.3) is 0 Å². The number of hydrogen-bond acceptors (Lipinski definition) is 1. The third-order valence-corrected chi connectivity index (χ3v) is 5.38. The summed E-state index contributed by atoms with van der Waals surface area (Å²) >= 11 is 0. The topological polar surface area (TPSA) is 12.0 Å². The molecule has 1 nitrogen and oxygen atoms in total. The van der Waals surface area contributed by atoms with Crippen LogP contribution in [-0.2, 0) is 39.1 Å². The molecular weight excluding hydrogens is 379 g/mol. The van der Waals surface area contributed by atoms with Crippen LogP contribution < -0.4 is 5.32 Å². The largest absolute Gasteiger partial charge is 3.00 e. The summed E-state index contributed by atoms with van der Waals surface area (Å²) in [5.74, 6) is 1.72. The molecule has 1 saturated carbocycles. The van der Waals surface area contributed by atoms with Crippen molar-refractivity contribution in [2.75, 3.05) is 6.54 Å². The maximum Gasteiger partial charge on any atom is 3.00 e. The molecule has 0 radical (unpaired) electrons. The summed E-state index contributed by atoms with van der Waals surface area (Å²) in [5.41, 5.74) is 2.76. The van der Waals surface area contributed by atoms with Crippen LogP contribution in [0.3, 0.4) is 0 Å². The summed E-state index contributed by atoms with van der Waals surface area (Å²) in [5, 5.41) is 3.53. The smallest absolute Gasteiger partial charge is 0.347 e. The first-order chi connectivity index (χ1) is 11.9. The van der Waals surface area contributed by atoms with Crippen LogP contribution in [0.2, 0.25) is 0 Å². The second kappa shape index (κ2) is 11.9. The van der Waals surface area contributed by atoms with Gasteiger partial charge in [-0.3, -0.25) is 0 Å². The van der Waals surface area contributed by atoms with E-state index in [9.17, 15) is 0 Å². The SMILES string of the molecule is [Y+3].c1ccc([CH-]NCCC(Cc2ccccc2)C2CCCCC2)cc1. The summed E-state index contributed by atoms with van der Waals surface area (Å²) in [6.45, 7) is 3.23. The second-order valence-electron chi connectivity index (χ2n) is 7.15. The Hall–Kier alpha value is -0.626. The third kappa shape index (κ3) is 7.25. The summed E-state index contributed by atoms with van der Waals surface area (Å²) in [6, 6.07) is 21.6. The molecule has 1 N–H and O–H groups in total. The Labute approximate surface area is 178 Å². The molecule has 1 aliphatic rings. The zero-order valence-electron chi connectivity index (χ0n) is 15.2. The standard InChI is InChI=1S/C23H30N.Y/c1-4-10-20(11-5-1)18-23(22-14-8-3-9-15-22)16-17-24-19-21-12-6-2-7-13-21;/h1-2,4-7,10-13,19,22-24H,3,8-9,14-18H2;/q-1;+3. The summed E-state index contributed by atoms with van der Waals surface area (Å²) < 4.78 is 0. The van der Waals surface area contributed by atoms with Crippen molar-refractivity contribution in [1.29, 1.82) is 0 Å². The Balaban J connectivity index is 0.00000225. The van der Waals surface area contributed by atoms with Crippen molar-refractivity contribution in [3.63, 3.8) is 0 Å². The zero-order chi connectivity index (χ0) is 16.5. The predicted molar refractivity (Wildman–Crippen MR) is 103 cm³/mol. The Morgan fingerprint density at radius 1 is 0.880 bits per heavy atom. The number of hydrogen-bond donors (Lipinski definition) is 1. The van der Waals surface area contributed by atoms with Crippen LogP contribution in [-0.4, -0.2) is 6.54 Å². The molecule has 0 spiro atoms. The van der Waals surface area contributed by atoms with Crippen LogP contribution in [0, 0.1) is 18.4 Å². The van der Waals surface area contributed by atoms with Gasteiger partial charge in [-0.25, -0.2) is 0 Å². The minimum Gasteiger partial charge on any atom is -0.347 e. The zero-order valence-corrected chi connectivity index (χ0v) is 18.1. The van der Waals surface area contributed by atoms with E-state index in [1.54, 1.807) is 0 Å². The Bertz CT molecular complexity index is 563. The first-order valence-corrected chi connectivity index (χ1v) is 9.57. The van der Waals surface area contributed by atoms with Gasteiger partial charge in [0, 0.05) is 0 Å². The van der Waals surface area contributed by atoms with E-state index in [4.69, 9.17) is 0 Å². The van der Waals surface area contributed by atoms with Crippen molar-refractivity contribution < 1.29 is 32.7 Å². The molecule has 1 unspecified atom stereocenters. The normalized spacial score (nSPS) is 16.0. The van der Waals surface area contributed by atoms with Gasteiger partial charge in [0.1, 0.15) is 0 Å². The molecule has 2 aromatic carbocycles. The van der Waals surface area contributed by atoms with Crippen LogP contribution in [0.4, 0.5) is 0 Å². The van der Waals surface area contributed by atoms with E-state index in [-0.39, 0.29) is 32.7 Å². The fourth-order valence-electron chi connectivity index (χ4n) is 4.03. The van der Waals surface area contributed by atoms with E-state index in [1.807, 2.05) is 0 Å². The Kier molecular flexibility index (Phi) is 9.83. The van der Waals surface area contributed by atoms with Gasteiger partial charge in [-0.15, -0.1) is 18.7 Å². The van der Waals surface area contributed by atoms with Gasteiger partial charge in [-0.1, -0.05) is 68.5 Å². The summed E-state index contributed by atoms with van der Waals surface area (Å²) in [4.78, 5) is 0. The quantitative estimate of drug-likeness (QED) is 0.441. The molecular formula is C23H30NY+2. The Morgan fingerprint density at radius 3 is 2.20 bits per heavy atom. The van der Waals surface area contributed by atoms with Gasteiger partial charge in [-0.2, -0.15) is 17.7 Å². The molecule has 0 bridgehead atoms. The molecule has 2 aromatic rings. The maximum atomic E-state index is 3.53. The average Bonchev–Trinajstić information content (AvgIpc) is 2.66. The number of rotatable bonds is 8. The molecule has 3 rings (SSSR count). The molecule has 1 atom stereocenters. The van der Waals surface area contributed by atoms with Crippen molar-refractivity contribution in [2.45, 2.75) is 44.9 Å². The maximum absolute atomic E-state index is 3.53. The van der Waals surface area contributed by atoms with E-state index in [0.29, 0.717) is 0 Å². The van der Waals surface area contributed by atoms with E-state index in [2.05, 4.69) is 72.5 Å². The summed E-state index contributed by atoms with van der Waals surface area (Å²) in [6.07, 6.45) is 9.66. The second-order valence-corrected chi connectivity index (χ2v) is 7.15. The van der Waals surface area contributed by atoms with Crippen molar-refractivity contribution in [2.24, 2.45) is 11.8 Å². The average molecular weight is 409 g/mol. The fourth-order valence-corrected chi connectivity index (χ4v) is 4.03. The molecule has 2 heteroatoms. The van der Waals surface area contributed by atoms with Crippen LogP contribution in [0.25, 0.3) is 0 Å².